The Morgan fingerprint density at radius 1 is 1.61 bits per heavy atom. The molecule has 1 aliphatic heterocycles. The molecule has 100 valence electrons. The Bertz CT molecular complexity index is 388. The zero-order valence-corrected chi connectivity index (χ0v) is 10.7. The minimum Gasteiger partial charge on any atom is -0.471 e. The number of allylic oxidation sites excluding steroid dienone is 1. The van der Waals surface area contributed by atoms with Crippen LogP contribution < -0.4 is 5.73 Å². The smallest absolute Gasteiger partial charge is 0.337 e. The van der Waals surface area contributed by atoms with Crippen LogP contribution in [-0.4, -0.2) is 32.5 Å². The molecule has 5 nitrogen and oxygen atoms in total. The van der Waals surface area contributed by atoms with E-state index in [9.17, 15) is 4.79 Å². The summed E-state index contributed by atoms with van der Waals surface area (Å²) in [7, 11) is 1.37. The van der Waals surface area contributed by atoms with Crippen molar-refractivity contribution >= 4 is 5.97 Å². The van der Waals surface area contributed by atoms with Crippen molar-refractivity contribution in [1.82, 2.24) is 0 Å². The summed E-state index contributed by atoms with van der Waals surface area (Å²) in [5.74, 6) is -0.262. The van der Waals surface area contributed by atoms with Crippen LogP contribution in [0.3, 0.4) is 0 Å². The highest BCUT2D eigenvalue weighted by Crippen LogP contribution is 2.43. The van der Waals surface area contributed by atoms with Gasteiger partial charge in [0.05, 0.1) is 24.9 Å². The molecule has 0 amide bonds. The highest BCUT2D eigenvalue weighted by Gasteiger charge is 2.44. The second-order valence-electron chi connectivity index (χ2n) is 4.38. The zero-order valence-electron chi connectivity index (χ0n) is 10.7. The lowest BCUT2D eigenvalue weighted by molar-refractivity contribution is -0.153. The number of carbonyl (C=O) groups excluding carboxylic acids is 1. The molecule has 0 radical (unpaired) electrons. The maximum atomic E-state index is 11.7. The Kier molecular flexibility index (Phi) is 4.04. The Morgan fingerprint density at radius 2 is 2.39 bits per heavy atom. The van der Waals surface area contributed by atoms with Crippen molar-refractivity contribution in [2.24, 2.45) is 17.6 Å². The van der Waals surface area contributed by atoms with Gasteiger partial charge in [-0.1, -0.05) is 11.6 Å². The normalized spacial score (nSPS) is 30.1. The molecule has 0 saturated heterocycles. The first kappa shape index (κ1) is 13.1. The predicted octanol–water partition coefficient (Wildman–Crippen LogP) is 0.957. The molecule has 2 N–H and O–H groups in total. The second-order valence-corrected chi connectivity index (χ2v) is 4.38. The van der Waals surface area contributed by atoms with E-state index < -0.39 is 0 Å². The van der Waals surface area contributed by atoms with E-state index in [4.69, 9.17) is 19.9 Å². The fourth-order valence-electron chi connectivity index (χ4n) is 2.66. The van der Waals surface area contributed by atoms with Crippen LogP contribution in [0.2, 0.25) is 0 Å². The molecule has 0 fully saturated rings. The zero-order chi connectivity index (χ0) is 13.1. The van der Waals surface area contributed by atoms with Gasteiger partial charge in [-0.05, 0) is 13.3 Å². The Hall–Kier alpha value is -1.33. The number of hydrogen-bond donors (Lipinski definition) is 1. The minimum atomic E-state index is -0.356. The molecule has 0 aromatic heterocycles. The van der Waals surface area contributed by atoms with Crippen LogP contribution in [0.25, 0.3) is 0 Å². The number of rotatable bonds is 4. The second kappa shape index (κ2) is 5.54. The standard InChI is InChI=1S/C13H19NO4/c1-3-17-13-11-8(6-14)4-5-9(11)10(7-18-13)12(15)16-2/h4,7,9,11,13H,3,5-6,14H2,1-2H3. The quantitative estimate of drug-likeness (QED) is 0.597. The van der Waals surface area contributed by atoms with E-state index in [-0.39, 0.29) is 24.1 Å². The van der Waals surface area contributed by atoms with E-state index in [0.717, 1.165) is 12.0 Å². The summed E-state index contributed by atoms with van der Waals surface area (Å²) >= 11 is 0. The van der Waals surface area contributed by atoms with Crippen LogP contribution in [0.5, 0.6) is 0 Å². The summed E-state index contributed by atoms with van der Waals surface area (Å²) in [6, 6.07) is 0. The van der Waals surface area contributed by atoms with Crippen molar-refractivity contribution in [2.75, 3.05) is 20.3 Å². The molecule has 1 heterocycles. The Morgan fingerprint density at radius 3 is 3.00 bits per heavy atom. The average molecular weight is 253 g/mol. The first-order valence-electron chi connectivity index (χ1n) is 6.17. The Balaban J connectivity index is 2.25. The molecule has 0 aromatic rings. The van der Waals surface area contributed by atoms with E-state index in [1.165, 1.54) is 13.4 Å². The van der Waals surface area contributed by atoms with Crippen LogP contribution in [0.1, 0.15) is 13.3 Å². The van der Waals surface area contributed by atoms with Crippen molar-refractivity contribution in [3.63, 3.8) is 0 Å². The molecule has 3 unspecified atom stereocenters. The summed E-state index contributed by atoms with van der Waals surface area (Å²) in [6.07, 6.45) is 3.98. The van der Waals surface area contributed by atoms with E-state index in [0.29, 0.717) is 18.7 Å². The number of esters is 1. The Labute approximate surface area is 107 Å². The summed E-state index contributed by atoms with van der Waals surface area (Å²) in [5.41, 5.74) is 7.40. The van der Waals surface area contributed by atoms with Crippen LogP contribution in [-0.2, 0) is 19.0 Å². The summed E-state index contributed by atoms with van der Waals surface area (Å²) < 4.78 is 15.9. The average Bonchev–Trinajstić information content (AvgIpc) is 2.82. The maximum Gasteiger partial charge on any atom is 0.337 e. The monoisotopic (exact) mass is 253 g/mol. The predicted molar refractivity (Wildman–Crippen MR) is 65.3 cm³/mol. The molecule has 2 rings (SSSR count). The number of methoxy groups -OCH3 is 1. The molecular formula is C13H19NO4. The number of ether oxygens (including phenoxy) is 3. The van der Waals surface area contributed by atoms with Gasteiger partial charge in [-0.3, -0.25) is 0 Å². The lowest BCUT2D eigenvalue weighted by Crippen LogP contribution is -2.38. The highest BCUT2D eigenvalue weighted by atomic mass is 16.7. The molecule has 0 bridgehead atoms. The first-order valence-corrected chi connectivity index (χ1v) is 6.17. The van der Waals surface area contributed by atoms with Crippen molar-refractivity contribution in [1.29, 1.82) is 0 Å². The van der Waals surface area contributed by atoms with Gasteiger partial charge < -0.3 is 19.9 Å². The van der Waals surface area contributed by atoms with Gasteiger partial charge in [0.25, 0.3) is 0 Å². The van der Waals surface area contributed by atoms with Crippen molar-refractivity contribution in [3.8, 4) is 0 Å². The largest absolute Gasteiger partial charge is 0.471 e. The lowest BCUT2D eigenvalue weighted by Gasteiger charge is -2.34. The molecule has 0 aromatic carbocycles. The van der Waals surface area contributed by atoms with Crippen molar-refractivity contribution in [2.45, 2.75) is 19.6 Å². The van der Waals surface area contributed by atoms with Gasteiger partial charge in [-0.15, -0.1) is 0 Å². The third-order valence-corrected chi connectivity index (χ3v) is 3.51. The van der Waals surface area contributed by atoms with E-state index in [1.54, 1.807) is 0 Å². The first-order chi connectivity index (χ1) is 8.72. The van der Waals surface area contributed by atoms with Crippen molar-refractivity contribution in [3.05, 3.63) is 23.5 Å². The van der Waals surface area contributed by atoms with Gasteiger partial charge >= 0.3 is 5.97 Å². The fraction of sp³-hybridized carbons (Fsp3) is 0.615. The number of fused-ring (bicyclic) bond motifs is 1. The molecule has 3 atom stereocenters. The fourth-order valence-corrected chi connectivity index (χ4v) is 2.66. The van der Waals surface area contributed by atoms with Gasteiger partial charge in [0.15, 0.2) is 0 Å². The SMILES string of the molecule is CCOC1OC=C(C(=O)OC)C2CC=C(CN)C12. The van der Waals surface area contributed by atoms with Gasteiger partial charge in [0.1, 0.15) is 0 Å². The molecular weight excluding hydrogens is 234 g/mol. The number of carbonyl (C=O) groups is 1. The molecule has 1 aliphatic carbocycles. The van der Waals surface area contributed by atoms with Crippen LogP contribution in [0.15, 0.2) is 23.5 Å². The van der Waals surface area contributed by atoms with E-state index in [2.05, 4.69) is 6.08 Å². The van der Waals surface area contributed by atoms with Gasteiger partial charge in [-0.2, -0.15) is 0 Å². The number of nitrogens with two attached hydrogens (primary N) is 1. The topological polar surface area (TPSA) is 70.8 Å². The van der Waals surface area contributed by atoms with Gasteiger partial charge in [-0.25, -0.2) is 4.79 Å². The maximum absolute atomic E-state index is 11.7. The van der Waals surface area contributed by atoms with E-state index in [1.807, 2.05) is 6.92 Å². The van der Waals surface area contributed by atoms with Crippen LogP contribution in [0.4, 0.5) is 0 Å². The molecule has 2 aliphatic rings. The molecule has 18 heavy (non-hydrogen) atoms. The van der Waals surface area contributed by atoms with Crippen LogP contribution in [0, 0.1) is 11.8 Å². The van der Waals surface area contributed by atoms with Crippen LogP contribution >= 0.6 is 0 Å². The van der Waals surface area contributed by atoms with Gasteiger partial charge in [0.2, 0.25) is 6.29 Å². The molecule has 0 spiro atoms. The third kappa shape index (κ3) is 2.15. The summed E-state index contributed by atoms with van der Waals surface area (Å²) in [6.45, 7) is 2.94. The van der Waals surface area contributed by atoms with Gasteiger partial charge in [0, 0.05) is 19.1 Å². The summed E-state index contributed by atoms with van der Waals surface area (Å²) in [5, 5.41) is 0. The summed E-state index contributed by atoms with van der Waals surface area (Å²) in [4.78, 5) is 11.7. The third-order valence-electron chi connectivity index (χ3n) is 3.51. The minimum absolute atomic E-state index is 0.0223. The highest BCUT2D eigenvalue weighted by molar-refractivity contribution is 5.89. The number of hydrogen-bond acceptors (Lipinski definition) is 5. The van der Waals surface area contributed by atoms with E-state index >= 15 is 0 Å². The molecule has 5 heteroatoms. The van der Waals surface area contributed by atoms with Crippen molar-refractivity contribution < 1.29 is 19.0 Å². The lowest BCUT2D eigenvalue weighted by atomic mass is 9.83. The molecule has 0 saturated carbocycles.